The highest BCUT2D eigenvalue weighted by Gasteiger charge is 2.21. The fourth-order valence-electron chi connectivity index (χ4n) is 2.46. The average molecular weight is 279 g/mol. The van der Waals surface area contributed by atoms with Gasteiger partial charge in [-0.1, -0.05) is 0 Å². The predicted octanol–water partition coefficient (Wildman–Crippen LogP) is 2.30. The largest absolute Gasteiger partial charge is 0.468 e. The van der Waals surface area contributed by atoms with E-state index in [1.807, 2.05) is 6.26 Å². The van der Waals surface area contributed by atoms with E-state index >= 15 is 0 Å². The number of likely N-dealkylation sites (N-methyl/N-ethyl adjacent to an activating group) is 1. The molecule has 1 aliphatic heterocycles. The fraction of sp³-hybridized carbons (Fsp3) is 0.750. The Morgan fingerprint density at radius 1 is 1.35 bits per heavy atom. The maximum Gasteiger partial charge on any atom is 0.118 e. The van der Waals surface area contributed by atoms with Gasteiger partial charge in [-0.25, -0.2) is 0 Å². The van der Waals surface area contributed by atoms with Crippen molar-refractivity contribution in [1.29, 1.82) is 0 Å². The summed E-state index contributed by atoms with van der Waals surface area (Å²) < 4.78 is 5.70. The molecule has 0 bridgehead atoms. The lowest BCUT2D eigenvalue weighted by Crippen LogP contribution is -2.49. The Hall–Kier alpha value is -0.840. The van der Waals surface area contributed by atoms with E-state index in [9.17, 15) is 0 Å². The minimum Gasteiger partial charge on any atom is -0.468 e. The van der Waals surface area contributed by atoms with Crippen molar-refractivity contribution in [2.45, 2.75) is 52.4 Å². The van der Waals surface area contributed by atoms with Gasteiger partial charge in [0.15, 0.2) is 0 Å². The van der Waals surface area contributed by atoms with Crippen LogP contribution < -0.4 is 5.32 Å². The molecule has 2 heterocycles. The lowest BCUT2D eigenvalue weighted by atomic mass is 10.1. The van der Waals surface area contributed by atoms with E-state index in [2.05, 4.69) is 55.9 Å². The number of hydrogen-bond acceptors (Lipinski definition) is 4. The lowest BCUT2D eigenvalue weighted by Gasteiger charge is -2.37. The number of nitrogens with zero attached hydrogens (tertiary/aromatic N) is 2. The summed E-state index contributed by atoms with van der Waals surface area (Å²) in [6.07, 6.45) is 1.88. The van der Waals surface area contributed by atoms with E-state index in [4.69, 9.17) is 4.42 Å². The van der Waals surface area contributed by atoms with Gasteiger partial charge >= 0.3 is 0 Å². The van der Waals surface area contributed by atoms with E-state index in [-0.39, 0.29) is 5.54 Å². The fourth-order valence-corrected chi connectivity index (χ4v) is 2.46. The predicted molar refractivity (Wildman–Crippen MR) is 82.7 cm³/mol. The van der Waals surface area contributed by atoms with Crippen molar-refractivity contribution in [3.63, 3.8) is 0 Å². The first-order chi connectivity index (χ1) is 9.33. The normalized spacial score (nSPS) is 22.4. The Bertz CT molecular complexity index is 422. The minimum absolute atomic E-state index is 0.143. The highest BCUT2D eigenvalue weighted by Crippen LogP contribution is 2.15. The molecule has 1 aromatic rings. The monoisotopic (exact) mass is 279 g/mol. The summed E-state index contributed by atoms with van der Waals surface area (Å²) >= 11 is 0. The molecule has 0 amide bonds. The molecule has 0 aliphatic carbocycles. The van der Waals surface area contributed by atoms with Gasteiger partial charge in [0, 0.05) is 43.3 Å². The Labute approximate surface area is 123 Å². The summed E-state index contributed by atoms with van der Waals surface area (Å²) in [5.74, 6) is 1.08. The molecule has 1 aliphatic rings. The summed E-state index contributed by atoms with van der Waals surface area (Å²) in [5, 5.41) is 3.49. The van der Waals surface area contributed by atoms with E-state index in [1.165, 1.54) is 5.56 Å². The quantitative estimate of drug-likeness (QED) is 0.916. The zero-order chi connectivity index (χ0) is 14.8. The van der Waals surface area contributed by atoms with Gasteiger partial charge in [0.2, 0.25) is 0 Å². The maximum atomic E-state index is 5.70. The maximum absolute atomic E-state index is 5.70. The third-order valence-electron chi connectivity index (χ3n) is 3.95. The number of furan rings is 1. The molecule has 1 unspecified atom stereocenters. The molecule has 4 nitrogen and oxygen atoms in total. The van der Waals surface area contributed by atoms with Crippen LogP contribution in [0.15, 0.2) is 16.7 Å². The van der Waals surface area contributed by atoms with E-state index in [1.54, 1.807) is 0 Å². The highest BCUT2D eigenvalue weighted by molar-refractivity contribution is 5.13. The number of hydrogen-bond donors (Lipinski definition) is 1. The van der Waals surface area contributed by atoms with Crippen molar-refractivity contribution in [1.82, 2.24) is 15.1 Å². The Kier molecular flexibility index (Phi) is 4.89. The van der Waals surface area contributed by atoms with Crippen molar-refractivity contribution in [3.05, 3.63) is 23.7 Å². The molecule has 4 heteroatoms. The van der Waals surface area contributed by atoms with Gasteiger partial charge in [0.1, 0.15) is 5.76 Å². The molecule has 1 fully saturated rings. The van der Waals surface area contributed by atoms with Crippen molar-refractivity contribution < 1.29 is 4.42 Å². The van der Waals surface area contributed by atoms with Gasteiger partial charge in [-0.2, -0.15) is 0 Å². The highest BCUT2D eigenvalue weighted by atomic mass is 16.3. The molecule has 0 spiro atoms. The lowest BCUT2D eigenvalue weighted by molar-refractivity contribution is 0.0947. The molecule has 1 atom stereocenters. The van der Waals surface area contributed by atoms with Crippen LogP contribution in [-0.2, 0) is 13.1 Å². The molecule has 1 aromatic heterocycles. The molecule has 20 heavy (non-hydrogen) atoms. The second-order valence-corrected chi connectivity index (χ2v) is 7.09. The second-order valence-electron chi connectivity index (χ2n) is 7.09. The van der Waals surface area contributed by atoms with E-state index in [0.717, 1.165) is 38.5 Å². The summed E-state index contributed by atoms with van der Waals surface area (Å²) in [7, 11) is 2.20. The first kappa shape index (κ1) is 15.5. The van der Waals surface area contributed by atoms with Crippen LogP contribution in [0, 0.1) is 0 Å². The summed E-state index contributed by atoms with van der Waals surface area (Å²) in [6.45, 7) is 14.0. The van der Waals surface area contributed by atoms with Crippen LogP contribution in [0.1, 0.15) is 39.0 Å². The van der Waals surface area contributed by atoms with Gasteiger partial charge in [0.25, 0.3) is 0 Å². The third-order valence-corrected chi connectivity index (χ3v) is 3.95. The second kappa shape index (κ2) is 6.29. The summed E-state index contributed by atoms with van der Waals surface area (Å²) in [6, 6.07) is 2.81. The van der Waals surface area contributed by atoms with Gasteiger partial charge < -0.3 is 14.6 Å². The zero-order valence-electron chi connectivity index (χ0n) is 13.6. The SMILES string of the molecule is CC1CN(Cc2cc(CNC(C)(C)C)co2)CCN1C. The topological polar surface area (TPSA) is 31.6 Å². The molecular weight excluding hydrogens is 250 g/mol. The Morgan fingerprint density at radius 3 is 2.75 bits per heavy atom. The van der Waals surface area contributed by atoms with Gasteiger partial charge in [-0.05, 0) is 40.8 Å². The van der Waals surface area contributed by atoms with Gasteiger partial charge in [0.05, 0.1) is 12.8 Å². The molecule has 0 saturated carbocycles. The number of piperazine rings is 1. The van der Waals surface area contributed by atoms with Crippen molar-refractivity contribution in [3.8, 4) is 0 Å². The first-order valence-corrected chi connectivity index (χ1v) is 7.57. The van der Waals surface area contributed by atoms with Crippen LogP contribution >= 0.6 is 0 Å². The Balaban J connectivity index is 1.84. The van der Waals surface area contributed by atoms with Crippen LogP contribution in [0.2, 0.25) is 0 Å². The molecule has 114 valence electrons. The molecular formula is C16H29N3O. The minimum atomic E-state index is 0.143. The van der Waals surface area contributed by atoms with Crippen molar-refractivity contribution in [2.24, 2.45) is 0 Å². The van der Waals surface area contributed by atoms with Crippen LogP contribution in [0.5, 0.6) is 0 Å². The summed E-state index contributed by atoms with van der Waals surface area (Å²) in [4.78, 5) is 4.89. The third kappa shape index (κ3) is 4.62. The van der Waals surface area contributed by atoms with Gasteiger partial charge in [-0.3, -0.25) is 4.90 Å². The molecule has 0 radical (unpaired) electrons. The molecule has 0 aromatic carbocycles. The van der Waals surface area contributed by atoms with Crippen molar-refractivity contribution >= 4 is 0 Å². The van der Waals surface area contributed by atoms with Crippen LogP contribution in [0.25, 0.3) is 0 Å². The Morgan fingerprint density at radius 2 is 2.10 bits per heavy atom. The van der Waals surface area contributed by atoms with E-state index in [0.29, 0.717) is 6.04 Å². The molecule has 2 rings (SSSR count). The average Bonchev–Trinajstić information content (AvgIpc) is 2.78. The summed E-state index contributed by atoms with van der Waals surface area (Å²) in [5.41, 5.74) is 1.38. The van der Waals surface area contributed by atoms with Crippen LogP contribution in [0.4, 0.5) is 0 Å². The first-order valence-electron chi connectivity index (χ1n) is 7.57. The van der Waals surface area contributed by atoms with E-state index < -0.39 is 0 Å². The standard InChI is InChI=1S/C16H29N3O/c1-13-10-19(7-6-18(13)5)11-15-8-14(12-20-15)9-17-16(2,3)4/h8,12-13,17H,6-7,9-11H2,1-5H3. The van der Waals surface area contributed by atoms with Crippen LogP contribution in [-0.4, -0.2) is 48.1 Å². The number of nitrogens with one attached hydrogen (secondary N) is 1. The van der Waals surface area contributed by atoms with Crippen molar-refractivity contribution in [2.75, 3.05) is 26.7 Å². The smallest absolute Gasteiger partial charge is 0.118 e. The number of rotatable bonds is 4. The molecule has 1 saturated heterocycles. The zero-order valence-corrected chi connectivity index (χ0v) is 13.6. The van der Waals surface area contributed by atoms with Crippen LogP contribution in [0.3, 0.4) is 0 Å². The molecule has 1 N–H and O–H groups in total. The van der Waals surface area contributed by atoms with Gasteiger partial charge in [-0.15, -0.1) is 0 Å².